The number of pyridine rings is 1. The fourth-order valence-corrected chi connectivity index (χ4v) is 3.54. The van der Waals surface area contributed by atoms with E-state index in [2.05, 4.69) is 62.2 Å². The lowest BCUT2D eigenvalue weighted by molar-refractivity contribution is 1.39. The molecule has 0 unspecified atom stereocenters. The maximum atomic E-state index is 6.24. The zero-order valence-corrected chi connectivity index (χ0v) is 16.9. The minimum absolute atomic E-state index is 0.712. The van der Waals surface area contributed by atoms with E-state index in [-0.39, 0.29) is 0 Å². The lowest BCUT2D eigenvalue weighted by atomic mass is 9.98. The molecule has 0 fully saturated rings. The van der Waals surface area contributed by atoms with Crippen LogP contribution in [0.25, 0.3) is 33.3 Å². The van der Waals surface area contributed by atoms with Crippen LogP contribution in [0.3, 0.4) is 0 Å². The van der Waals surface area contributed by atoms with Gasteiger partial charge in [-0.1, -0.05) is 67.7 Å². The highest BCUT2D eigenvalue weighted by Gasteiger charge is 2.10. The predicted molar refractivity (Wildman–Crippen MR) is 113 cm³/mol. The number of hydrogen-bond donors (Lipinski definition) is 0. The van der Waals surface area contributed by atoms with E-state index in [9.17, 15) is 0 Å². The van der Waals surface area contributed by atoms with Crippen LogP contribution in [-0.2, 0) is 0 Å². The summed E-state index contributed by atoms with van der Waals surface area (Å²) in [6.45, 7) is 0. The van der Waals surface area contributed by atoms with Crippen LogP contribution in [-0.4, -0.2) is 4.98 Å². The molecule has 0 amide bonds. The number of halogens is 3. The van der Waals surface area contributed by atoms with Crippen LogP contribution in [0.1, 0.15) is 0 Å². The summed E-state index contributed by atoms with van der Waals surface area (Å²) in [5.74, 6) is 0. The van der Waals surface area contributed by atoms with Crippen LogP contribution < -0.4 is 0 Å². The lowest BCUT2D eigenvalue weighted by Gasteiger charge is -2.11. The number of benzene rings is 3. The Bertz CT molecular complexity index is 1060. The average molecular weight is 474 g/mol. The minimum atomic E-state index is 0.712. The Kier molecular flexibility index (Phi) is 4.63. The summed E-state index contributed by atoms with van der Waals surface area (Å²) in [5.41, 5.74) is 5.22. The third-order valence-electron chi connectivity index (χ3n) is 4.07. The normalized spacial score (nSPS) is 11.0. The van der Waals surface area contributed by atoms with Gasteiger partial charge in [-0.3, -0.25) is 0 Å². The molecule has 1 heterocycles. The molecule has 0 aliphatic carbocycles. The van der Waals surface area contributed by atoms with Crippen molar-refractivity contribution in [2.24, 2.45) is 0 Å². The van der Waals surface area contributed by atoms with Crippen molar-refractivity contribution in [3.8, 4) is 22.4 Å². The van der Waals surface area contributed by atoms with Crippen molar-refractivity contribution in [2.75, 3.05) is 0 Å². The summed E-state index contributed by atoms with van der Waals surface area (Å²) in [4.78, 5) is 4.84. The molecule has 122 valence electrons. The van der Waals surface area contributed by atoms with E-state index in [4.69, 9.17) is 16.6 Å². The predicted octanol–water partition coefficient (Wildman–Crippen LogP) is 7.75. The first-order chi connectivity index (χ1) is 12.1. The third-order valence-corrected chi connectivity index (χ3v) is 5.36. The van der Waals surface area contributed by atoms with Crippen LogP contribution in [0.5, 0.6) is 0 Å². The standard InChI is InChI=1S/C21H12Br2ClN/c22-15-5-1-13(2-6-15)18-12-21(14-3-7-16(23)8-4-14)25-20-10-9-17(24)11-19(18)20/h1-12H. The molecule has 4 rings (SSSR count). The molecule has 0 saturated carbocycles. The summed E-state index contributed by atoms with van der Waals surface area (Å²) in [7, 11) is 0. The van der Waals surface area contributed by atoms with Crippen molar-refractivity contribution >= 4 is 54.4 Å². The number of nitrogens with zero attached hydrogens (tertiary/aromatic N) is 1. The van der Waals surface area contributed by atoms with Crippen molar-refractivity contribution < 1.29 is 0 Å². The molecule has 0 aliphatic heterocycles. The fourth-order valence-electron chi connectivity index (χ4n) is 2.83. The molecule has 0 N–H and O–H groups in total. The average Bonchev–Trinajstić information content (AvgIpc) is 2.62. The van der Waals surface area contributed by atoms with Crippen molar-refractivity contribution in [3.05, 3.63) is 86.8 Å². The van der Waals surface area contributed by atoms with Gasteiger partial charge in [-0.15, -0.1) is 0 Å². The highest BCUT2D eigenvalue weighted by molar-refractivity contribution is 9.10. The molecule has 3 aromatic carbocycles. The molecule has 0 bridgehead atoms. The van der Waals surface area contributed by atoms with Gasteiger partial charge in [0.2, 0.25) is 0 Å². The minimum Gasteiger partial charge on any atom is -0.248 e. The highest BCUT2D eigenvalue weighted by atomic mass is 79.9. The number of rotatable bonds is 2. The van der Waals surface area contributed by atoms with Crippen molar-refractivity contribution in [1.82, 2.24) is 4.98 Å². The van der Waals surface area contributed by atoms with Crippen LogP contribution >= 0.6 is 43.5 Å². The summed E-state index contributed by atoms with van der Waals surface area (Å²) in [5, 5.41) is 1.76. The topological polar surface area (TPSA) is 12.9 Å². The van der Waals surface area contributed by atoms with Gasteiger partial charge >= 0.3 is 0 Å². The SMILES string of the molecule is Clc1ccc2nc(-c3ccc(Br)cc3)cc(-c3ccc(Br)cc3)c2c1. The van der Waals surface area contributed by atoms with E-state index in [0.29, 0.717) is 5.02 Å². The lowest BCUT2D eigenvalue weighted by Crippen LogP contribution is -1.90. The summed E-state index contributed by atoms with van der Waals surface area (Å²) < 4.78 is 2.11. The Morgan fingerprint density at radius 1 is 0.680 bits per heavy atom. The number of fused-ring (bicyclic) bond motifs is 1. The first-order valence-corrected chi connectivity index (χ1v) is 9.69. The van der Waals surface area contributed by atoms with Gasteiger partial charge in [0.1, 0.15) is 0 Å². The molecule has 1 nitrogen and oxygen atoms in total. The molecule has 0 radical (unpaired) electrons. The molecule has 4 heteroatoms. The van der Waals surface area contributed by atoms with Gasteiger partial charge in [-0.25, -0.2) is 4.98 Å². The van der Waals surface area contributed by atoms with Gasteiger partial charge in [0, 0.05) is 24.9 Å². The van der Waals surface area contributed by atoms with Crippen molar-refractivity contribution in [1.29, 1.82) is 0 Å². The second-order valence-electron chi connectivity index (χ2n) is 5.73. The van der Waals surface area contributed by atoms with Gasteiger partial charge < -0.3 is 0 Å². The molecule has 0 aliphatic rings. The van der Waals surface area contributed by atoms with Crippen LogP contribution in [0.4, 0.5) is 0 Å². The van der Waals surface area contributed by atoms with Crippen LogP contribution in [0.2, 0.25) is 5.02 Å². The molecule has 4 aromatic rings. The summed E-state index contributed by atoms with van der Waals surface area (Å²) in [6.07, 6.45) is 0. The van der Waals surface area contributed by atoms with E-state index in [0.717, 1.165) is 42.2 Å². The van der Waals surface area contributed by atoms with Crippen LogP contribution in [0.15, 0.2) is 81.7 Å². The first-order valence-electron chi connectivity index (χ1n) is 7.72. The zero-order valence-electron chi connectivity index (χ0n) is 13.0. The number of hydrogen-bond acceptors (Lipinski definition) is 1. The quantitative estimate of drug-likeness (QED) is 0.290. The van der Waals surface area contributed by atoms with Gasteiger partial charge in [0.25, 0.3) is 0 Å². The van der Waals surface area contributed by atoms with Crippen molar-refractivity contribution in [3.63, 3.8) is 0 Å². The van der Waals surface area contributed by atoms with E-state index in [1.807, 2.05) is 42.5 Å². The Morgan fingerprint density at radius 2 is 1.28 bits per heavy atom. The Labute approximate surface area is 167 Å². The van der Waals surface area contributed by atoms with Crippen molar-refractivity contribution in [2.45, 2.75) is 0 Å². The Morgan fingerprint density at radius 3 is 1.92 bits per heavy atom. The molecule has 0 spiro atoms. The maximum Gasteiger partial charge on any atom is 0.0716 e. The maximum absolute atomic E-state index is 6.24. The second-order valence-corrected chi connectivity index (χ2v) is 8.00. The monoisotopic (exact) mass is 471 g/mol. The summed E-state index contributed by atoms with van der Waals surface area (Å²) in [6, 6.07) is 24.5. The second kappa shape index (κ2) is 6.91. The van der Waals surface area contributed by atoms with E-state index in [1.54, 1.807) is 0 Å². The zero-order chi connectivity index (χ0) is 17.4. The molecule has 0 saturated heterocycles. The Balaban J connectivity index is 1.99. The molecule has 1 aromatic heterocycles. The number of aromatic nitrogens is 1. The third kappa shape index (κ3) is 3.50. The van der Waals surface area contributed by atoms with Gasteiger partial charge in [-0.2, -0.15) is 0 Å². The first kappa shape index (κ1) is 16.8. The highest BCUT2D eigenvalue weighted by Crippen LogP contribution is 2.34. The van der Waals surface area contributed by atoms with E-state index < -0.39 is 0 Å². The van der Waals surface area contributed by atoms with E-state index in [1.165, 1.54) is 0 Å². The largest absolute Gasteiger partial charge is 0.248 e. The molecule has 25 heavy (non-hydrogen) atoms. The smallest absolute Gasteiger partial charge is 0.0716 e. The van der Waals surface area contributed by atoms with E-state index >= 15 is 0 Å². The molecular formula is C21H12Br2ClN. The summed E-state index contributed by atoms with van der Waals surface area (Å²) >= 11 is 13.2. The van der Waals surface area contributed by atoms with Crippen LogP contribution in [0, 0.1) is 0 Å². The molecule has 0 atom stereocenters. The van der Waals surface area contributed by atoms with Gasteiger partial charge in [0.05, 0.1) is 11.2 Å². The fraction of sp³-hybridized carbons (Fsp3) is 0. The van der Waals surface area contributed by atoms with Gasteiger partial charge in [0.15, 0.2) is 0 Å². The van der Waals surface area contributed by atoms with Gasteiger partial charge in [-0.05, 0) is 59.7 Å². The Hall–Kier alpha value is -1.68. The molecular weight excluding hydrogens is 461 g/mol.